The van der Waals surface area contributed by atoms with Crippen molar-refractivity contribution in [1.82, 2.24) is 9.97 Å². The second-order valence-electron chi connectivity index (χ2n) is 6.24. The van der Waals surface area contributed by atoms with Crippen molar-refractivity contribution in [3.05, 3.63) is 72.1 Å². The number of anilines is 4. The van der Waals surface area contributed by atoms with Crippen LogP contribution in [-0.2, 0) is 4.79 Å². The van der Waals surface area contributed by atoms with Crippen LogP contribution in [-0.4, -0.2) is 27.6 Å². The molecule has 2 amide bonds. The summed E-state index contributed by atoms with van der Waals surface area (Å²) in [5.41, 5.74) is 2.70. The molecule has 8 heteroatoms. The maximum Gasteiger partial charge on any atom is 0.274 e. The number of ketones is 1. The Morgan fingerprint density at radius 3 is 1.93 bits per heavy atom. The van der Waals surface area contributed by atoms with Gasteiger partial charge in [0.1, 0.15) is 5.69 Å². The van der Waals surface area contributed by atoms with Crippen molar-refractivity contribution >= 4 is 40.6 Å². The topological polar surface area (TPSA) is 113 Å². The van der Waals surface area contributed by atoms with E-state index in [4.69, 9.17) is 0 Å². The van der Waals surface area contributed by atoms with E-state index in [2.05, 4.69) is 25.9 Å². The monoisotopic (exact) mass is 389 g/mol. The van der Waals surface area contributed by atoms with Crippen molar-refractivity contribution in [3.63, 3.8) is 0 Å². The number of rotatable bonds is 6. The first-order valence-corrected chi connectivity index (χ1v) is 8.81. The van der Waals surface area contributed by atoms with Gasteiger partial charge in [0.05, 0.1) is 0 Å². The Labute approximate surface area is 167 Å². The number of amides is 2. The second-order valence-corrected chi connectivity index (χ2v) is 6.24. The number of carbonyl (C=O) groups excluding carboxylic acids is 3. The normalized spacial score (nSPS) is 10.1. The molecule has 0 saturated carbocycles. The van der Waals surface area contributed by atoms with Crippen LogP contribution in [0.15, 0.2) is 60.8 Å². The van der Waals surface area contributed by atoms with Crippen LogP contribution in [0.5, 0.6) is 0 Å². The van der Waals surface area contributed by atoms with E-state index < -0.39 is 5.91 Å². The van der Waals surface area contributed by atoms with Crippen LogP contribution in [0.25, 0.3) is 0 Å². The number of benzene rings is 2. The molecular formula is C21H19N5O3. The Bertz CT molecular complexity index is 1050. The zero-order chi connectivity index (χ0) is 20.8. The summed E-state index contributed by atoms with van der Waals surface area (Å²) in [7, 11) is 0. The lowest BCUT2D eigenvalue weighted by Crippen LogP contribution is -2.15. The Kier molecular flexibility index (Phi) is 5.94. The van der Waals surface area contributed by atoms with Crippen molar-refractivity contribution in [2.75, 3.05) is 16.0 Å². The minimum Gasteiger partial charge on any atom is -0.326 e. The number of carbonyl (C=O) groups is 3. The van der Waals surface area contributed by atoms with E-state index in [9.17, 15) is 14.4 Å². The molecule has 0 fully saturated rings. The molecule has 29 heavy (non-hydrogen) atoms. The fourth-order valence-electron chi connectivity index (χ4n) is 2.50. The largest absolute Gasteiger partial charge is 0.326 e. The summed E-state index contributed by atoms with van der Waals surface area (Å²) in [6, 6.07) is 15.1. The van der Waals surface area contributed by atoms with Gasteiger partial charge in [-0.25, -0.2) is 9.97 Å². The minimum atomic E-state index is -0.394. The van der Waals surface area contributed by atoms with Gasteiger partial charge >= 0.3 is 0 Å². The van der Waals surface area contributed by atoms with Crippen LogP contribution in [0, 0.1) is 0 Å². The van der Waals surface area contributed by atoms with Gasteiger partial charge in [-0.3, -0.25) is 14.4 Å². The number of nitrogens with one attached hydrogen (secondary N) is 3. The van der Waals surface area contributed by atoms with Crippen LogP contribution < -0.4 is 16.0 Å². The molecule has 3 rings (SSSR count). The maximum atomic E-state index is 12.5. The number of Topliss-reactive ketones (excluding diaryl/α,β-unsaturated/α-hetero) is 1. The molecule has 2 aromatic carbocycles. The molecule has 0 spiro atoms. The standard InChI is InChI=1S/C21H19N5O3/c1-13(27)15-3-5-18(6-4-15)25-21-22-12-11-19(26-21)20(29)24-17-9-7-16(8-10-17)23-14(2)28/h3-12H,1-2H3,(H,23,28)(H,24,29)(H,22,25,26). The van der Waals surface area contributed by atoms with Crippen molar-refractivity contribution < 1.29 is 14.4 Å². The van der Waals surface area contributed by atoms with E-state index in [1.807, 2.05) is 0 Å². The highest BCUT2D eigenvalue weighted by Crippen LogP contribution is 2.16. The van der Waals surface area contributed by atoms with Gasteiger partial charge in [0.25, 0.3) is 5.91 Å². The van der Waals surface area contributed by atoms with E-state index in [-0.39, 0.29) is 23.3 Å². The van der Waals surface area contributed by atoms with Crippen molar-refractivity contribution in [2.24, 2.45) is 0 Å². The number of nitrogens with zero attached hydrogens (tertiary/aromatic N) is 2. The van der Waals surface area contributed by atoms with Crippen molar-refractivity contribution in [2.45, 2.75) is 13.8 Å². The molecule has 0 bridgehead atoms. The molecule has 1 heterocycles. The maximum absolute atomic E-state index is 12.5. The molecule has 0 saturated heterocycles. The molecule has 0 aliphatic carbocycles. The van der Waals surface area contributed by atoms with Crippen LogP contribution in [0.2, 0.25) is 0 Å². The van der Waals surface area contributed by atoms with Crippen LogP contribution in [0.1, 0.15) is 34.7 Å². The van der Waals surface area contributed by atoms with E-state index in [0.717, 1.165) is 0 Å². The fourth-order valence-corrected chi connectivity index (χ4v) is 2.50. The predicted octanol–water partition coefficient (Wildman–Crippen LogP) is 3.63. The van der Waals surface area contributed by atoms with E-state index >= 15 is 0 Å². The third-order valence-corrected chi connectivity index (χ3v) is 3.90. The first-order chi connectivity index (χ1) is 13.9. The Balaban J connectivity index is 1.67. The Hall–Kier alpha value is -4.07. The summed E-state index contributed by atoms with van der Waals surface area (Å²) in [6.07, 6.45) is 1.48. The molecule has 0 unspecified atom stereocenters. The lowest BCUT2D eigenvalue weighted by Gasteiger charge is -2.08. The lowest BCUT2D eigenvalue weighted by molar-refractivity contribution is -0.114. The molecule has 8 nitrogen and oxygen atoms in total. The van der Waals surface area contributed by atoms with Crippen LogP contribution >= 0.6 is 0 Å². The molecule has 3 aromatic rings. The zero-order valence-electron chi connectivity index (χ0n) is 15.9. The summed E-state index contributed by atoms with van der Waals surface area (Å²) in [5.74, 6) is -0.320. The summed E-state index contributed by atoms with van der Waals surface area (Å²) in [6.45, 7) is 2.93. The van der Waals surface area contributed by atoms with E-state index in [1.54, 1.807) is 48.5 Å². The molecule has 0 aliphatic heterocycles. The second kappa shape index (κ2) is 8.75. The van der Waals surface area contributed by atoms with Gasteiger partial charge < -0.3 is 16.0 Å². The van der Waals surface area contributed by atoms with Crippen LogP contribution in [0.4, 0.5) is 23.0 Å². The van der Waals surface area contributed by atoms with Crippen molar-refractivity contribution in [1.29, 1.82) is 0 Å². The average molecular weight is 389 g/mol. The van der Waals surface area contributed by atoms with Gasteiger partial charge in [-0.1, -0.05) is 0 Å². The minimum absolute atomic E-state index is 0.0171. The van der Waals surface area contributed by atoms with Crippen molar-refractivity contribution in [3.8, 4) is 0 Å². The highest BCUT2D eigenvalue weighted by Gasteiger charge is 2.10. The molecule has 1 aromatic heterocycles. The molecule has 0 radical (unpaired) electrons. The van der Waals surface area contributed by atoms with Gasteiger partial charge in [-0.2, -0.15) is 0 Å². The smallest absolute Gasteiger partial charge is 0.274 e. The average Bonchev–Trinajstić information content (AvgIpc) is 2.70. The molecular weight excluding hydrogens is 370 g/mol. The van der Waals surface area contributed by atoms with Gasteiger partial charge in [-0.05, 0) is 61.5 Å². The highest BCUT2D eigenvalue weighted by atomic mass is 16.2. The number of hydrogen-bond acceptors (Lipinski definition) is 6. The van der Waals surface area contributed by atoms with E-state index in [0.29, 0.717) is 22.6 Å². The SMILES string of the molecule is CC(=O)Nc1ccc(NC(=O)c2ccnc(Nc3ccc(C(C)=O)cc3)n2)cc1. The fraction of sp³-hybridized carbons (Fsp3) is 0.0952. The van der Waals surface area contributed by atoms with Gasteiger partial charge in [-0.15, -0.1) is 0 Å². The number of aromatic nitrogens is 2. The quantitative estimate of drug-likeness (QED) is 0.555. The summed E-state index contributed by atoms with van der Waals surface area (Å²) in [5, 5.41) is 8.40. The summed E-state index contributed by atoms with van der Waals surface area (Å²) >= 11 is 0. The summed E-state index contributed by atoms with van der Waals surface area (Å²) < 4.78 is 0. The molecule has 3 N–H and O–H groups in total. The molecule has 146 valence electrons. The first-order valence-electron chi connectivity index (χ1n) is 8.81. The summed E-state index contributed by atoms with van der Waals surface area (Å²) in [4.78, 5) is 43.2. The van der Waals surface area contributed by atoms with E-state index in [1.165, 1.54) is 26.1 Å². The molecule has 0 aliphatic rings. The highest BCUT2D eigenvalue weighted by molar-refractivity contribution is 6.03. The number of hydrogen-bond donors (Lipinski definition) is 3. The van der Waals surface area contributed by atoms with Gasteiger partial charge in [0.15, 0.2) is 5.78 Å². The Morgan fingerprint density at radius 2 is 1.34 bits per heavy atom. The van der Waals surface area contributed by atoms with Gasteiger partial charge in [0.2, 0.25) is 11.9 Å². The van der Waals surface area contributed by atoms with Crippen LogP contribution in [0.3, 0.4) is 0 Å². The molecule has 0 atom stereocenters. The third kappa shape index (κ3) is 5.46. The predicted molar refractivity (Wildman–Crippen MR) is 110 cm³/mol. The first kappa shape index (κ1) is 19.7. The van der Waals surface area contributed by atoms with Gasteiger partial charge in [0, 0.05) is 35.7 Å². The lowest BCUT2D eigenvalue weighted by atomic mass is 10.1. The third-order valence-electron chi connectivity index (χ3n) is 3.90. The zero-order valence-corrected chi connectivity index (χ0v) is 15.9. The Morgan fingerprint density at radius 1 is 0.759 bits per heavy atom.